The summed E-state index contributed by atoms with van der Waals surface area (Å²) in [5.41, 5.74) is 3.06. The highest BCUT2D eigenvalue weighted by Crippen LogP contribution is 2.69. The maximum absolute atomic E-state index is 13.8. The fraction of sp³-hybridized carbons (Fsp3) is 0.767. The molecule has 0 amide bonds. The number of nitrogens with zero attached hydrogens (tertiary/aromatic N) is 3. The molecule has 1 aromatic carbocycles. The Balaban J connectivity index is 1.23. The summed E-state index contributed by atoms with van der Waals surface area (Å²) in [7, 11) is 0. The quantitative estimate of drug-likeness (QED) is 0.577. The first-order chi connectivity index (χ1) is 16.7. The van der Waals surface area contributed by atoms with Crippen LogP contribution in [0.1, 0.15) is 90.5 Å². The van der Waals surface area contributed by atoms with Crippen molar-refractivity contribution in [2.75, 3.05) is 0 Å². The molecule has 0 radical (unpaired) electrons. The number of aryl methyl sites for hydroxylation is 1. The summed E-state index contributed by atoms with van der Waals surface area (Å²) in [6, 6.07) is 6.14. The van der Waals surface area contributed by atoms with E-state index in [1.54, 1.807) is 0 Å². The number of hydrogen-bond donors (Lipinski definition) is 1. The molecular formula is C30H43N3O2. The third-order valence-electron chi connectivity index (χ3n) is 11.7. The topological polar surface area (TPSA) is 68.0 Å². The maximum atomic E-state index is 13.8. The number of fused-ring (bicyclic) bond motifs is 6. The molecule has 0 aliphatic heterocycles. The van der Waals surface area contributed by atoms with Crippen molar-refractivity contribution >= 4 is 16.8 Å². The van der Waals surface area contributed by atoms with E-state index in [4.69, 9.17) is 0 Å². The SMILES string of the molecule is CC[C@]12CC[C@@](C)(O)C[C@H]1CC[C@H]1[C@@H]3CC[C@H](C(=O)Cn4nnc5ccc(C)cc54)[C@@]3(C)CC[C@@H]12. The predicted octanol–water partition coefficient (Wildman–Crippen LogP) is 6.11. The van der Waals surface area contributed by atoms with Gasteiger partial charge in [0.25, 0.3) is 0 Å². The molecule has 2 aromatic rings. The lowest BCUT2D eigenvalue weighted by Gasteiger charge is -2.63. The molecule has 4 fully saturated rings. The Morgan fingerprint density at radius 1 is 1.09 bits per heavy atom. The zero-order chi connectivity index (χ0) is 24.6. The molecule has 0 spiro atoms. The molecule has 4 saturated carbocycles. The number of ketones is 1. The maximum Gasteiger partial charge on any atom is 0.157 e. The van der Waals surface area contributed by atoms with Crippen molar-refractivity contribution in [1.29, 1.82) is 0 Å². The number of carbonyl (C=O) groups is 1. The summed E-state index contributed by atoms with van der Waals surface area (Å²) in [6.07, 6.45) is 11.6. The summed E-state index contributed by atoms with van der Waals surface area (Å²) in [5, 5.41) is 19.5. The van der Waals surface area contributed by atoms with E-state index in [1.807, 2.05) is 10.7 Å². The van der Waals surface area contributed by atoms with Crippen LogP contribution >= 0.6 is 0 Å². The second-order valence-electron chi connectivity index (χ2n) is 13.3. The van der Waals surface area contributed by atoms with Crippen molar-refractivity contribution in [3.8, 4) is 0 Å². The first-order valence-electron chi connectivity index (χ1n) is 14.2. The van der Waals surface area contributed by atoms with E-state index in [2.05, 4.69) is 50.1 Å². The van der Waals surface area contributed by atoms with Gasteiger partial charge in [0.05, 0.1) is 11.1 Å². The molecular weight excluding hydrogens is 434 g/mol. The van der Waals surface area contributed by atoms with E-state index in [-0.39, 0.29) is 11.3 Å². The molecule has 4 aliphatic carbocycles. The predicted molar refractivity (Wildman–Crippen MR) is 138 cm³/mol. The summed E-state index contributed by atoms with van der Waals surface area (Å²) in [6.45, 7) is 9.34. The lowest BCUT2D eigenvalue weighted by atomic mass is 9.42. The number of aliphatic hydroxyl groups is 1. The highest BCUT2D eigenvalue weighted by Gasteiger charge is 2.62. The van der Waals surface area contributed by atoms with Gasteiger partial charge >= 0.3 is 0 Å². The van der Waals surface area contributed by atoms with Crippen LogP contribution in [0.4, 0.5) is 0 Å². The Bertz CT molecular complexity index is 1140. The first-order valence-corrected chi connectivity index (χ1v) is 14.2. The van der Waals surface area contributed by atoms with E-state index < -0.39 is 5.60 Å². The summed E-state index contributed by atoms with van der Waals surface area (Å²) >= 11 is 0. The summed E-state index contributed by atoms with van der Waals surface area (Å²) < 4.78 is 1.83. The molecule has 0 unspecified atom stereocenters. The Kier molecular flexibility index (Phi) is 5.49. The number of hydrogen-bond acceptors (Lipinski definition) is 4. The van der Waals surface area contributed by atoms with E-state index in [9.17, 15) is 9.90 Å². The van der Waals surface area contributed by atoms with Gasteiger partial charge in [0.2, 0.25) is 0 Å². The third kappa shape index (κ3) is 3.54. The molecule has 1 N–H and O–H groups in total. The van der Waals surface area contributed by atoms with Gasteiger partial charge in [0.15, 0.2) is 5.78 Å². The van der Waals surface area contributed by atoms with Gasteiger partial charge in [-0.3, -0.25) is 4.79 Å². The third-order valence-corrected chi connectivity index (χ3v) is 11.7. The van der Waals surface area contributed by atoms with Crippen LogP contribution in [0, 0.1) is 47.3 Å². The molecule has 4 aliphatic rings. The zero-order valence-electron chi connectivity index (χ0n) is 22.1. The van der Waals surface area contributed by atoms with Crippen LogP contribution in [0.25, 0.3) is 11.0 Å². The molecule has 0 bridgehead atoms. The van der Waals surface area contributed by atoms with Gasteiger partial charge in [-0.25, -0.2) is 4.68 Å². The van der Waals surface area contributed by atoms with E-state index >= 15 is 0 Å². The van der Waals surface area contributed by atoms with Crippen LogP contribution in [0.2, 0.25) is 0 Å². The van der Waals surface area contributed by atoms with Crippen molar-refractivity contribution < 1.29 is 9.90 Å². The van der Waals surface area contributed by atoms with Crippen molar-refractivity contribution in [3.05, 3.63) is 23.8 Å². The number of carbonyl (C=O) groups excluding carboxylic acids is 1. The van der Waals surface area contributed by atoms with E-state index in [1.165, 1.54) is 50.5 Å². The molecule has 35 heavy (non-hydrogen) atoms. The minimum Gasteiger partial charge on any atom is -0.390 e. The molecule has 5 nitrogen and oxygen atoms in total. The number of benzene rings is 1. The lowest BCUT2D eigenvalue weighted by molar-refractivity contribution is -0.158. The fourth-order valence-electron chi connectivity index (χ4n) is 9.92. The zero-order valence-corrected chi connectivity index (χ0v) is 22.1. The van der Waals surface area contributed by atoms with E-state index in [0.717, 1.165) is 42.1 Å². The Morgan fingerprint density at radius 3 is 2.71 bits per heavy atom. The van der Waals surface area contributed by atoms with Crippen molar-refractivity contribution in [1.82, 2.24) is 15.0 Å². The van der Waals surface area contributed by atoms with Crippen molar-refractivity contribution in [3.63, 3.8) is 0 Å². The van der Waals surface area contributed by atoms with Crippen molar-refractivity contribution in [2.45, 2.75) is 104 Å². The Labute approximate surface area is 210 Å². The first kappa shape index (κ1) is 23.6. The van der Waals surface area contributed by atoms with Crippen LogP contribution in [-0.2, 0) is 11.3 Å². The van der Waals surface area contributed by atoms with Crippen LogP contribution in [0.3, 0.4) is 0 Å². The molecule has 6 rings (SSSR count). The summed E-state index contributed by atoms with van der Waals surface area (Å²) in [5.74, 6) is 3.35. The molecule has 8 atom stereocenters. The fourth-order valence-corrected chi connectivity index (χ4v) is 9.92. The van der Waals surface area contributed by atoms with Gasteiger partial charge in [-0.2, -0.15) is 0 Å². The highest BCUT2D eigenvalue weighted by atomic mass is 16.3. The monoisotopic (exact) mass is 477 g/mol. The number of Topliss-reactive ketones (excluding diaryl/α,β-unsaturated/α-hetero) is 1. The van der Waals surface area contributed by atoms with Crippen LogP contribution in [0.15, 0.2) is 18.2 Å². The molecule has 1 aromatic heterocycles. The second-order valence-corrected chi connectivity index (χ2v) is 13.3. The smallest absolute Gasteiger partial charge is 0.157 e. The Morgan fingerprint density at radius 2 is 1.91 bits per heavy atom. The van der Waals surface area contributed by atoms with Crippen LogP contribution < -0.4 is 0 Å². The average Bonchev–Trinajstić information content (AvgIpc) is 3.38. The largest absolute Gasteiger partial charge is 0.390 e. The highest BCUT2D eigenvalue weighted by molar-refractivity contribution is 5.84. The van der Waals surface area contributed by atoms with Crippen molar-refractivity contribution in [2.24, 2.45) is 40.4 Å². The molecule has 0 saturated heterocycles. The van der Waals surface area contributed by atoms with Gasteiger partial charge in [0, 0.05) is 5.92 Å². The number of rotatable bonds is 4. The van der Waals surface area contributed by atoms with Gasteiger partial charge < -0.3 is 5.11 Å². The molecule has 5 heteroatoms. The minimum absolute atomic E-state index is 0.118. The Hall–Kier alpha value is -1.75. The van der Waals surface area contributed by atoms with Gasteiger partial charge in [-0.1, -0.05) is 25.1 Å². The normalized spacial score (nSPS) is 42.9. The van der Waals surface area contributed by atoms with Crippen LogP contribution in [-0.4, -0.2) is 31.5 Å². The van der Waals surface area contributed by atoms with E-state index in [0.29, 0.717) is 29.6 Å². The molecule has 1 heterocycles. The van der Waals surface area contributed by atoms with Gasteiger partial charge in [-0.15, -0.1) is 5.10 Å². The minimum atomic E-state index is -0.478. The second kappa shape index (κ2) is 8.13. The molecule has 190 valence electrons. The van der Waals surface area contributed by atoms with Crippen LogP contribution in [0.5, 0.6) is 0 Å². The lowest BCUT2D eigenvalue weighted by Crippen LogP contribution is -2.56. The summed E-state index contributed by atoms with van der Waals surface area (Å²) in [4.78, 5) is 13.8. The van der Waals surface area contributed by atoms with Gasteiger partial charge in [-0.05, 0) is 130 Å². The standard InChI is InChI=1S/C30H43N3O2/c1-5-30-15-14-28(3,35)17-20(30)7-8-21-22-9-10-24(29(22,4)13-12-23(21)30)27(34)18-33-26-16-19(2)6-11-25(26)31-32-33/h6,11,16,20-24,35H,5,7-10,12-15,17-18H2,1-4H3/t20-,21+,22+,23+,24-,28-,29+,30+/m1/s1. The average molecular weight is 478 g/mol. The number of aromatic nitrogens is 3. The van der Waals surface area contributed by atoms with Gasteiger partial charge in [0.1, 0.15) is 12.1 Å².